The first-order valence-corrected chi connectivity index (χ1v) is 7.31. The maximum atomic E-state index is 11.7. The number of ether oxygens (including phenoxy) is 1. The molecule has 10 nitrogen and oxygen atoms in total. The van der Waals surface area contributed by atoms with Gasteiger partial charge in [-0.15, -0.1) is 0 Å². The molecule has 1 N–H and O–H groups in total. The van der Waals surface area contributed by atoms with Gasteiger partial charge in [-0.1, -0.05) is 6.07 Å². The Hall–Kier alpha value is -3.82. The number of benzene rings is 2. The average Bonchev–Trinajstić information content (AvgIpc) is 2.61. The van der Waals surface area contributed by atoms with E-state index in [9.17, 15) is 25.0 Å². The van der Waals surface area contributed by atoms with Crippen LogP contribution in [-0.2, 0) is 4.79 Å². The molecule has 2 aromatic carbocycles. The molecule has 0 aliphatic heterocycles. The first kappa shape index (κ1) is 18.5. The van der Waals surface area contributed by atoms with Crippen molar-refractivity contribution in [1.82, 2.24) is 5.43 Å². The molecular formula is C16H14N4O6. The second-order valence-corrected chi connectivity index (χ2v) is 5.16. The standard InChI is InChI=1S/C16H14N4O6/c1-11-2-7-15(14(8-11)20(24)25)26-10-16(21)18-17-9-12-3-5-13(6-4-12)19(22)23/h2-9H,10H2,1H3,(H,18,21)/b17-9-. The SMILES string of the molecule is Cc1ccc(OCC(=O)N/N=C\c2ccc([N+](=O)[O-])cc2)c([N+](=O)[O-])c1. The molecule has 0 heterocycles. The van der Waals surface area contributed by atoms with Crippen LogP contribution in [0.3, 0.4) is 0 Å². The van der Waals surface area contributed by atoms with Gasteiger partial charge in [0.05, 0.1) is 16.1 Å². The molecule has 0 unspecified atom stereocenters. The molecule has 1 amide bonds. The summed E-state index contributed by atoms with van der Waals surface area (Å²) in [6, 6.07) is 9.96. The molecule has 2 aromatic rings. The van der Waals surface area contributed by atoms with Gasteiger partial charge in [-0.05, 0) is 36.2 Å². The molecular weight excluding hydrogens is 344 g/mol. The third kappa shape index (κ3) is 5.09. The van der Waals surface area contributed by atoms with Gasteiger partial charge in [0.2, 0.25) is 0 Å². The average molecular weight is 358 g/mol. The number of amides is 1. The van der Waals surface area contributed by atoms with E-state index in [2.05, 4.69) is 10.5 Å². The lowest BCUT2D eigenvalue weighted by molar-refractivity contribution is -0.385. The highest BCUT2D eigenvalue weighted by Crippen LogP contribution is 2.27. The van der Waals surface area contributed by atoms with Crippen LogP contribution in [0, 0.1) is 27.2 Å². The van der Waals surface area contributed by atoms with Crippen molar-refractivity contribution < 1.29 is 19.4 Å². The number of nitro groups is 2. The van der Waals surface area contributed by atoms with Gasteiger partial charge in [0.15, 0.2) is 12.4 Å². The predicted molar refractivity (Wildman–Crippen MR) is 92.2 cm³/mol. The second kappa shape index (κ2) is 8.33. The van der Waals surface area contributed by atoms with E-state index >= 15 is 0 Å². The summed E-state index contributed by atoms with van der Waals surface area (Å²) >= 11 is 0. The Bertz CT molecular complexity index is 864. The third-order valence-corrected chi connectivity index (χ3v) is 3.18. The molecule has 0 atom stereocenters. The van der Waals surface area contributed by atoms with E-state index in [0.29, 0.717) is 11.1 Å². The van der Waals surface area contributed by atoms with Gasteiger partial charge in [-0.3, -0.25) is 25.0 Å². The molecule has 0 fully saturated rings. The van der Waals surface area contributed by atoms with Gasteiger partial charge in [-0.2, -0.15) is 5.10 Å². The fourth-order valence-corrected chi connectivity index (χ4v) is 1.93. The fourth-order valence-electron chi connectivity index (χ4n) is 1.93. The molecule has 0 radical (unpaired) electrons. The summed E-state index contributed by atoms with van der Waals surface area (Å²) in [6.45, 7) is 1.25. The van der Waals surface area contributed by atoms with Gasteiger partial charge in [0.25, 0.3) is 11.6 Å². The van der Waals surface area contributed by atoms with Crippen molar-refractivity contribution >= 4 is 23.5 Å². The zero-order valence-corrected chi connectivity index (χ0v) is 13.6. The number of hydrazone groups is 1. The van der Waals surface area contributed by atoms with E-state index in [4.69, 9.17) is 4.74 Å². The molecule has 2 rings (SSSR count). The van der Waals surface area contributed by atoms with Crippen LogP contribution in [0.25, 0.3) is 0 Å². The molecule has 10 heteroatoms. The van der Waals surface area contributed by atoms with E-state index in [1.807, 2.05) is 0 Å². The highest BCUT2D eigenvalue weighted by Gasteiger charge is 2.16. The third-order valence-electron chi connectivity index (χ3n) is 3.18. The summed E-state index contributed by atoms with van der Waals surface area (Å²) < 4.78 is 5.16. The lowest BCUT2D eigenvalue weighted by Gasteiger charge is -2.06. The zero-order chi connectivity index (χ0) is 19.1. The van der Waals surface area contributed by atoms with Crippen LogP contribution < -0.4 is 10.2 Å². The molecule has 0 aromatic heterocycles. The van der Waals surface area contributed by atoms with Crippen molar-refractivity contribution in [2.75, 3.05) is 6.61 Å². The van der Waals surface area contributed by atoms with Gasteiger partial charge in [0.1, 0.15) is 0 Å². The van der Waals surface area contributed by atoms with E-state index in [0.717, 1.165) is 0 Å². The Morgan fingerprint density at radius 2 is 1.85 bits per heavy atom. The fraction of sp³-hybridized carbons (Fsp3) is 0.125. The van der Waals surface area contributed by atoms with Crippen LogP contribution in [-0.4, -0.2) is 28.6 Å². The Kier molecular flexibility index (Phi) is 5.93. The van der Waals surface area contributed by atoms with Crippen molar-refractivity contribution in [2.45, 2.75) is 6.92 Å². The molecule has 0 bridgehead atoms. The van der Waals surface area contributed by atoms with Gasteiger partial charge < -0.3 is 4.74 Å². The summed E-state index contributed by atoms with van der Waals surface area (Å²) in [7, 11) is 0. The smallest absolute Gasteiger partial charge is 0.311 e. The molecule has 134 valence electrons. The lowest BCUT2D eigenvalue weighted by Crippen LogP contribution is -2.24. The Morgan fingerprint density at radius 1 is 1.15 bits per heavy atom. The van der Waals surface area contributed by atoms with Crippen LogP contribution in [0.5, 0.6) is 5.75 Å². The minimum absolute atomic E-state index is 0.0184. The van der Waals surface area contributed by atoms with Crippen LogP contribution in [0.4, 0.5) is 11.4 Å². The molecule has 0 saturated heterocycles. The summed E-state index contributed by atoms with van der Waals surface area (Å²) in [5.41, 5.74) is 3.16. The minimum atomic E-state index is -0.613. The number of aryl methyl sites for hydroxylation is 1. The molecule has 0 saturated carbocycles. The molecule has 26 heavy (non-hydrogen) atoms. The van der Waals surface area contributed by atoms with E-state index < -0.39 is 22.4 Å². The van der Waals surface area contributed by atoms with Crippen LogP contribution in [0.15, 0.2) is 47.6 Å². The molecule has 0 aliphatic carbocycles. The summed E-state index contributed by atoms with van der Waals surface area (Å²) in [6.07, 6.45) is 1.30. The number of carbonyl (C=O) groups excluding carboxylic acids is 1. The predicted octanol–water partition coefficient (Wildman–Crippen LogP) is 2.34. The van der Waals surface area contributed by atoms with Crippen molar-refractivity contribution in [2.24, 2.45) is 5.10 Å². The minimum Gasteiger partial charge on any atom is -0.477 e. The maximum Gasteiger partial charge on any atom is 0.311 e. The van der Waals surface area contributed by atoms with Crippen molar-refractivity contribution in [3.8, 4) is 5.75 Å². The van der Waals surface area contributed by atoms with Crippen molar-refractivity contribution in [1.29, 1.82) is 0 Å². The quantitative estimate of drug-likeness (QED) is 0.458. The summed E-state index contributed by atoms with van der Waals surface area (Å²) in [4.78, 5) is 32.1. The number of rotatable bonds is 7. The van der Waals surface area contributed by atoms with Gasteiger partial charge in [0, 0.05) is 18.2 Å². The van der Waals surface area contributed by atoms with Crippen LogP contribution in [0.1, 0.15) is 11.1 Å². The number of hydrogen-bond donors (Lipinski definition) is 1. The van der Waals surface area contributed by atoms with Gasteiger partial charge in [-0.25, -0.2) is 5.43 Å². The number of hydrogen-bond acceptors (Lipinski definition) is 7. The van der Waals surface area contributed by atoms with E-state index in [1.54, 1.807) is 13.0 Å². The van der Waals surface area contributed by atoms with Crippen molar-refractivity contribution in [3.63, 3.8) is 0 Å². The van der Waals surface area contributed by atoms with E-state index in [-0.39, 0.29) is 17.1 Å². The topological polar surface area (TPSA) is 137 Å². The van der Waals surface area contributed by atoms with Crippen LogP contribution in [0.2, 0.25) is 0 Å². The van der Waals surface area contributed by atoms with Crippen molar-refractivity contribution in [3.05, 3.63) is 73.8 Å². The number of non-ortho nitro benzene ring substituents is 1. The normalized spacial score (nSPS) is 10.5. The molecule has 0 spiro atoms. The number of nitrogens with zero attached hydrogens (tertiary/aromatic N) is 3. The molecule has 0 aliphatic rings. The lowest BCUT2D eigenvalue weighted by atomic mass is 10.2. The Morgan fingerprint density at radius 3 is 2.46 bits per heavy atom. The summed E-state index contributed by atoms with van der Waals surface area (Å²) in [5.74, 6) is -0.631. The second-order valence-electron chi connectivity index (χ2n) is 5.16. The number of nitro benzene ring substituents is 2. The highest BCUT2D eigenvalue weighted by atomic mass is 16.6. The Balaban J connectivity index is 1.89. The summed E-state index contributed by atoms with van der Waals surface area (Å²) in [5, 5.41) is 25.2. The maximum absolute atomic E-state index is 11.7. The first-order chi connectivity index (χ1) is 12.4. The number of carbonyl (C=O) groups is 1. The van der Waals surface area contributed by atoms with Gasteiger partial charge >= 0.3 is 5.69 Å². The Labute approximate surface area is 147 Å². The largest absolute Gasteiger partial charge is 0.477 e. The zero-order valence-electron chi connectivity index (χ0n) is 13.6. The van der Waals surface area contributed by atoms with E-state index in [1.165, 1.54) is 42.6 Å². The first-order valence-electron chi connectivity index (χ1n) is 7.31. The number of nitrogens with one attached hydrogen (secondary N) is 1. The van der Waals surface area contributed by atoms with Crippen LogP contribution >= 0.6 is 0 Å². The highest BCUT2D eigenvalue weighted by molar-refractivity contribution is 5.83. The monoisotopic (exact) mass is 358 g/mol.